The number of aryl methyl sites for hydroxylation is 1. The number of rotatable bonds is 6. The van der Waals surface area contributed by atoms with Gasteiger partial charge in [-0.3, -0.25) is 5.43 Å². The maximum Gasteiger partial charge on any atom is 0.350 e. The van der Waals surface area contributed by atoms with Crippen molar-refractivity contribution in [3.63, 3.8) is 0 Å². The molecule has 0 unspecified atom stereocenters. The molecule has 0 spiro atoms. The van der Waals surface area contributed by atoms with Gasteiger partial charge in [0.05, 0.1) is 18.5 Å². The lowest BCUT2D eigenvalue weighted by Crippen LogP contribution is -2.48. The van der Waals surface area contributed by atoms with Crippen LogP contribution in [0.3, 0.4) is 0 Å². The number of hydrogen-bond donors (Lipinski definition) is 3. The standard InChI is InChI=1S/C21H21F2N5O3/c1-12-5-3-7-18(28(25)21(29)27-24)14(12)11-31-20-8-4-6-17(26-20)13-9-15(22)16(23)10-19(13)30-2/h3-10H,11,24-25H2,1-2H3,(H,27,29). The second-order valence-electron chi connectivity index (χ2n) is 6.51. The van der Waals surface area contributed by atoms with E-state index >= 15 is 0 Å². The zero-order chi connectivity index (χ0) is 22.5. The number of benzene rings is 2. The number of carbonyl (C=O) groups is 1. The number of anilines is 1. The van der Waals surface area contributed by atoms with Gasteiger partial charge in [-0.15, -0.1) is 0 Å². The molecule has 0 bridgehead atoms. The zero-order valence-corrected chi connectivity index (χ0v) is 16.9. The second-order valence-corrected chi connectivity index (χ2v) is 6.51. The van der Waals surface area contributed by atoms with E-state index in [1.165, 1.54) is 7.11 Å². The number of methoxy groups -OCH3 is 1. The number of urea groups is 1. The number of nitrogens with zero attached hydrogens (tertiary/aromatic N) is 2. The van der Waals surface area contributed by atoms with Crippen molar-refractivity contribution in [1.82, 2.24) is 10.4 Å². The SMILES string of the molecule is COc1cc(F)c(F)cc1-c1cccc(OCc2c(C)cccc2N(N)C(=O)NN)n1. The Balaban J connectivity index is 1.89. The molecule has 3 rings (SSSR count). The van der Waals surface area contributed by atoms with Crippen LogP contribution in [0.4, 0.5) is 19.3 Å². The third-order valence-electron chi connectivity index (χ3n) is 4.59. The fourth-order valence-electron chi connectivity index (χ4n) is 2.97. The maximum absolute atomic E-state index is 13.8. The first-order valence-electron chi connectivity index (χ1n) is 9.12. The summed E-state index contributed by atoms with van der Waals surface area (Å²) in [6.45, 7) is 1.88. The Labute approximate surface area is 177 Å². The third kappa shape index (κ3) is 4.71. The normalized spacial score (nSPS) is 10.5. The number of ether oxygens (including phenoxy) is 2. The molecule has 10 heteroatoms. The van der Waals surface area contributed by atoms with Gasteiger partial charge in [-0.2, -0.15) is 0 Å². The molecule has 0 aliphatic carbocycles. The quantitative estimate of drug-likeness (QED) is 0.315. The highest BCUT2D eigenvalue weighted by atomic mass is 19.2. The second kappa shape index (κ2) is 9.37. The average Bonchev–Trinajstić information content (AvgIpc) is 2.78. The minimum Gasteiger partial charge on any atom is -0.496 e. The fraction of sp³-hybridized carbons (Fsp3) is 0.143. The van der Waals surface area contributed by atoms with Gasteiger partial charge in [-0.1, -0.05) is 18.2 Å². The summed E-state index contributed by atoms with van der Waals surface area (Å²) in [5, 5.41) is 0.877. The Morgan fingerprint density at radius 2 is 1.87 bits per heavy atom. The van der Waals surface area contributed by atoms with Gasteiger partial charge in [-0.05, 0) is 30.7 Å². The first kappa shape index (κ1) is 21.9. The van der Waals surface area contributed by atoms with Crippen LogP contribution in [-0.2, 0) is 6.61 Å². The van der Waals surface area contributed by atoms with Gasteiger partial charge >= 0.3 is 6.03 Å². The molecular formula is C21H21F2N5O3. The molecule has 1 aromatic heterocycles. The minimum absolute atomic E-state index is 0.0406. The van der Waals surface area contributed by atoms with Crippen LogP contribution in [0.25, 0.3) is 11.3 Å². The average molecular weight is 429 g/mol. The van der Waals surface area contributed by atoms with Crippen molar-refractivity contribution in [2.75, 3.05) is 12.1 Å². The van der Waals surface area contributed by atoms with E-state index in [0.29, 0.717) is 16.9 Å². The van der Waals surface area contributed by atoms with Crippen molar-refractivity contribution in [2.24, 2.45) is 11.7 Å². The Morgan fingerprint density at radius 1 is 1.16 bits per heavy atom. The van der Waals surface area contributed by atoms with Gasteiger partial charge < -0.3 is 9.47 Å². The number of hydrazine groups is 2. The van der Waals surface area contributed by atoms with Crippen molar-refractivity contribution in [3.05, 3.63) is 71.3 Å². The van der Waals surface area contributed by atoms with Crippen LogP contribution in [0.5, 0.6) is 11.6 Å². The first-order chi connectivity index (χ1) is 14.8. The smallest absolute Gasteiger partial charge is 0.350 e. The number of nitrogens with one attached hydrogen (secondary N) is 1. The molecule has 0 aliphatic heterocycles. The zero-order valence-electron chi connectivity index (χ0n) is 16.9. The number of carbonyl (C=O) groups excluding carboxylic acids is 1. The van der Waals surface area contributed by atoms with Gasteiger partial charge in [0.2, 0.25) is 5.88 Å². The lowest BCUT2D eigenvalue weighted by Gasteiger charge is -2.21. The molecule has 8 nitrogen and oxygen atoms in total. The predicted octanol–water partition coefficient (Wildman–Crippen LogP) is 3.19. The monoisotopic (exact) mass is 429 g/mol. The summed E-state index contributed by atoms with van der Waals surface area (Å²) in [7, 11) is 1.35. The van der Waals surface area contributed by atoms with E-state index in [2.05, 4.69) is 4.98 Å². The number of aromatic nitrogens is 1. The van der Waals surface area contributed by atoms with E-state index in [-0.39, 0.29) is 23.8 Å². The number of hydrogen-bond acceptors (Lipinski definition) is 6. The molecule has 0 saturated carbocycles. The third-order valence-corrected chi connectivity index (χ3v) is 4.59. The summed E-state index contributed by atoms with van der Waals surface area (Å²) in [5.41, 5.74) is 4.46. The van der Waals surface area contributed by atoms with Crippen molar-refractivity contribution >= 4 is 11.7 Å². The molecule has 0 fully saturated rings. The van der Waals surface area contributed by atoms with Crippen LogP contribution in [0, 0.1) is 18.6 Å². The highest BCUT2D eigenvalue weighted by molar-refractivity contribution is 5.91. The van der Waals surface area contributed by atoms with Crippen LogP contribution in [-0.4, -0.2) is 18.1 Å². The molecule has 1 heterocycles. The van der Waals surface area contributed by atoms with Crippen LogP contribution in [0.15, 0.2) is 48.5 Å². The summed E-state index contributed by atoms with van der Waals surface area (Å²) in [5.74, 6) is 9.32. The summed E-state index contributed by atoms with van der Waals surface area (Å²) < 4.78 is 38.2. The Kier molecular flexibility index (Phi) is 6.63. The summed E-state index contributed by atoms with van der Waals surface area (Å²) in [4.78, 5) is 16.2. The van der Waals surface area contributed by atoms with E-state index in [4.69, 9.17) is 21.2 Å². The highest BCUT2D eigenvalue weighted by Crippen LogP contribution is 2.32. The van der Waals surface area contributed by atoms with Crippen LogP contribution in [0.1, 0.15) is 11.1 Å². The molecule has 2 amide bonds. The largest absolute Gasteiger partial charge is 0.496 e. The number of nitrogens with two attached hydrogens (primary N) is 2. The molecule has 0 radical (unpaired) electrons. The van der Waals surface area contributed by atoms with Gasteiger partial charge in [0, 0.05) is 23.3 Å². The van der Waals surface area contributed by atoms with Crippen molar-refractivity contribution in [2.45, 2.75) is 13.5 Å². The van der Waals surface area contributed by atoms with Gasteiger partial charge in [-0.25, -0.2) is 35.3 Å². The fourth-order valence-corrected chi connectivity index (χ4v) is 2.97. The molecule has 31 heavy (non-hydrogen) atoms. The Hall–Kier alpha value is -3.76. The molecule has 2 aromatic carbocycles. The lowest BCUT2D eigenvalue weighted by atomic mass is 10.1. The number of halogens is 2. The maximum atomic E-state index is 13.8. The van der Waals surface area contributed by atoms with Gasteiger partial charge in [0.15, 0.2) is 11.6 Å². The predicted molar refractivity (Wildman–Crippen MR) is 111 cm³/mol. The van der Waals surface area contributed by atoms with Gasteiger partial charge in [0.1, 0.15) is 12.4 Å². The topological polar surface area (TPSA) is 116 Å². The van der Waals surface area contributed by atoms with Crippen molar-refractivity contribution < 1.29 is 23.0 Å². The van der Waals surface area contributed by atoms with E-state index in [0.717, 1.165) is 22.7 Å². The van der Waals surface area contributed by atoms with Crippen LogP contribution in [0.2, 0.25) is 0 Å². The molecule has 3 aromatic rings. The molecule has 5 N–H and O–H groups in total. The van der Waals surface area contributed by atoms with Crippen LogP contribution >= 0.6 is 0 Å². The number of pyridine rings is 1. The van der Waals surface area contributed by atoms with Crippen LogP contribution < -0.4 is 31.6 Å². The van der Waals surface area contributed by atoms with Gasteiger partial charge in [0.25, 0.3) is 0 Å². The van der Waals surface area contributed by atoms with Crippen molar-refractivity contribution in [1.29, 1.82) is 0 Å². The summed E-state index contributed by atoms with van der Waals surface area (Å²) >= 11 is 0. The Morgan fingerprint density at radius 3 is 2.58 bits per heavy atom. The summed E-state index contributed by atoms with van der Waals surface area (Å²) in [6.07, 6.45) is 0. The molecular weight excluding hydrogens is 408 g/mol. The molecule has 0 saturated heterocycles. The van der Waals surface area contributed by atoms with E-state index in [9.17, 15) is 13.6 Å². The lowest BCUT2D eigenvalue weighted by molar-refractivity contribution is 0.246. The molecule has 162 valence electrons. The molecule has 0 aliphatic rings. The summed E-state index contributed by atoms with van der Waals surface area (Å²) in [6, 6.07) is 11.4. The van der Waals surface area contributed by atoms with E-state index in [1.807, 2.05) is 18.4 Å². The highest BCUT2D eigenvalue weighted by Gasteiger charge is 2.17. The van der Waals surface area contributed by atoms with Crippen molar-refractivity contribution in [3.8, 4) is 22.9 Å². The number of amides is 2. The van der Waals surface area contributed by atoms with E-state index < -0.39 is 17.7 Å². The molecule has 0 atom stereocenters. The Bertz CT molecular complexity index is 1110. The minimum atomic E-state index is -1.02. The first-order valence-corrected chi connectivity index (χ1v) is 9.12. The van der Waals surface area contributed by atoms with E-state index in [1.54, 1.807) is 30.3 Å².